The second-order valence-corrected chi connectivity index (χ2v) is 5.75. The van der Waals surface area contributed by atoms with Crippen molar-refractivity contribution in [1.82, 2.24) is 20.4 Å². The summed E-state index contributed by atoms with van der Waals surface area (Å²) in [7, 11) is 3.19. The number of rotatable bonds is 6. The number of carbonyl (C=O) groups excluding carboxylic acids is 2. The summed E-state index contributed by atoms with van der Waals surface area (Å²) in [5, 5.41) is 4.83. The van der Waals surface area contributed by atoms with Crippen LogP contribution in [-0.4, -0.2) is 75.2 Å². The molecule has 1 aliphatic heterocycles. The maximum absolute atomic E-state index is 12.6. The Kier molecular flexibility index (Phi) is 7.17. The number of ether oxygens (including phenoxy) is 1. The van der Waals surface area contributed by atoms with Crippen LogP contribution in [0.25, 0.3) is 0 Å². The third-order valence-corrected chi connectivity index (χ3v) is 4.21. The number of hydrogen-bond acceptors (Lipinski definition) is 5. The molecule has 3 amide bonds. The summed E-state index contributed by atoms with van der Waals surface area (Å²) in [6.45, 7) is 4.89. The number of hydrogen-bond donors (Lipinski definition) is 2. The second-order valence-electron chi connectivity index (χ2n) is 5.75. The van der Waals surface area contributed by atoms with E-state index in [1.54, 1.807) is 7.11 Å². The lowest BCUT2D eigenvalue weighted by atomic mass is 10.0. The van der Waals surface area contributed by atoms with Crippen molar-refractivity contribution in [1.29, 1.82) is 0 Å². The first-order valence-electron chi connectivity index (χ1n) is 8.18. The van der Waals surface area contributed by atoms with Gasteiger partial charge in [0.2, 0.25) is 5.91 Å². The third-order valence-electron chi connectivity index (χ3n) is 4.21. The molecule has 1 heterocycles. The lowest BCUT2D eigenvalue weighted by molar-refractivity contribution is -0.126. The van der Waals surface area contributed by atoms with E-state index in [1.165, 1.54) is 7.05 Å². The molecule has 1 saturated heterocycles. The number of piperazine rings is 1. The first-order chi connectivity index (χ1) is 11.7. The lowest BCUT2D eigenvalue weighted by Gasteiger charge is -2.38. The molecule has 1 aliphatic rings. The molecule has 0 saturated carbocycles. The molecular weight excluding hydrogens is 308 g/mol. The largest absolute Gasteiger partial charge is 0.383 e. The van der Waals surface area contributed by atoms with Crippen LogP contribution >= 0.6 is 0 Å². The molecule has 1 atom stereocenters. The van der Waals surface area contributed by atoms with Crippen LogP contribution in [0.2, 0.25) is 0 Å². The molecule has 1 aromatic rings. The second kappa shape index (κ2) is 9.36. The molecule has 24 heavy (non-hydrogen) atoms. The Balaban J connectivity index is 2.07. The molecule has 2 N–H and O–H groups in total. The Morgan fingerprint density at radius 3 is 2.42 bits per heavy atom. The van der Waals surface area contributed by atoms with Gasteiger partial charge in [-0.2, -0.15) is 0 Å². The number of carbonyl (C=O) groups is 2. The quantitative estimate of drug-likeness (QED) is 0.790. The monoisotopic (exact) mass is 334 g/mol. The van der Waals surface area contributed by atoms with Crippen molar-refractivity contribution in [2.45, 2.75) is 6.04 Å². The van der Waals surface area contributed by atoms with Crippen LogP contribution in [-0.2, 0) is 9.53 Å². The average molecular weight is 334 g/mol. The van der Waals surface area contributed by atoms with Gasteiger partial charge in [-0.25, -0.2) is 4.79 Å². The highest BCUT2D eigenvalue weighted by Crippen LogP contribution is 2.22. The number of urea groups is 1. The Morgan fingerprint density at radius 2 is 1.83 bits per heavy atom. The van der Waals surface area contributed by atoms with E-state index in [9.17, 15) is 9.59 Å². The normalized spacial score (nSPS) is 17.2. The van der Waals surface area contributed by atoms with Gasteiger partial charge < -0.3 is 10.1 Å². The molecule has 0 aromatic heterocycles. The fraction of sp³-hybridized carbons (Fsp3) is 0.529. The molecule has 0 unspecified atom stereocenters. The van der Waals surface area contributed by atoms with Crippen molar-refractivity contribution in [3.63, 3.8) is 0 Å². The summed E-state index contributed by atoms with van der Waals surface area (Å²) in [5.74, 6) is -0.300. The Morgan fingerprint density at radius 1 is 1.17 bits per heavy atom. The van der Waals surface area contributed by atoms with Gasteiger partial charge >= 0.3 is 6.03 Å². The van der Waals surface area contributed by atoms with Gasteiger partial charge in [-0.1, -0.05) is 30.3 Å². The Hall–Kier alpha value is -1.96. The van der Waals surface area contributed by atoms with Crippen molar-refractivity contribution in [2.24, 2.45) is 0 Å². The molecule has 0 bridgehead atoms. The van der Waals surface area contributed by atoms with Crippen LogP contribution in [0.5, 0.6) is 0 Å². The first kappa shape index (κ1) is 18.4. The fourth-order valence-electron chi connectivity index (χ4n) is 2.87. The number of benzene rings is 1. The van der Waals surface area contributed by atoms with Crippen LogP contribution in [0, 0.1) is 0 Å². The minimum absolute atomic E-state index is 0.300. The molecular formula is C17H26N4O3. The summed E-state index contributed by atoms with van der Waals surface area (Å²) in [4.78, 5) is 28.6. The van der Waals surface area contributed by atoms with Gasteiger partial charge in [-0.15, -0.1) is 0 Å². The van der Waals surface area contributed by atoms with Gasteiger partial charge in [0.15, 0.2) is 0 Å². The predicted octanol–water partition coefficient (Wildman–Crippen LogP) is 0.447. The molecule has 7 heteroatoms. The average Bonchev–Trinajstić information content (AvgIpc) is 2.62. The first-order valence-corrected chi connectivity index (χ1v) is 8.18. The SMILES string of the molecule is CNC(=O)NC(=O)[C@@H](c1ccccc1)N1CCN(CCOC)CC1. The number of nitrogens with zero attached hydrogens (tertiary/aromatic N) is 2. The van der Waals surface area contributed by atoms with E-state index >= 15 is 0 Å². The fourth-order valence-corrected chi connectivity index (χ4v) is 2.87. The van der Waals surface area contributed by atoms with E-state index in [4.69, 9.17) is 4.74 Å². The zero-order valence-electron chi connectivity index (χ0n) is 14.3. The van der Waals surface area contributed by atoms with E-state index in [0.29, 0.717) is 6.61 Å². The Bertz CT molecular complexity index is 530. The zero-order chi connectivity index (χ0) is 17.4. The minimum Gasteiger partial charge on any atom is -0.383 e. The molecule has 7 nitrogen and oxygen atoms in total. The van der Waals surface area contributed by atoms with Gasteiger partial charge in [0.25, 0.3) is 0 Å². The summed E-state index contributed by atoms with van der Waals surface area (Å²) >= 11 is 0. The van der Waals surface area contributed by atoms with Gasteiger partial charge in [-0.3, -0.25) is 19.9 Å². The van der Waals surface area contributed by atoms with Crippen LogP contribution in [0.4, 0.5) is 4.79 Å². The predicted molar refractivity (Wildman–Crippen MR) is 91.7 cm³/mol. The topological polar surface area (TPSA) is 73.9 Å². The van der Waals surface area contributed by atoms with Gasteiger partial charge in [0, 0.05) is 46.9 Å². The van der Waals surface area contributed by atoms with Crippen molar-refractivity contribution < 1.29 is 14.3 Å². The zero-order valence-corrected chi connectivity index (χ0v) is 14.3. The summed E-state index contributed by atoms with van der Waals surface area (Å²) in [5.41, 5.74) is 0.893. The summed E-state index contributed by atoms with van der Waals surface area (Å²) < 4.78 is 5.12. The maximum atomic E-state index is 12.6. The standard InChI is InChI=1S/C17H26N4O3/c1-18-17(23)19-16(22)15(14-6-4-3-5-7-14)21-10-8-20(9-11-21)12-13-24-2/h3-7,15H,8-13H2,1-2H3,(H2,18,19,22,23)/t15-/m1/s1. The summed E-state index contributed by atoms with van der Waals surface area (Å²) in [6.07, 6.45) is 0. The van der Waals surface area contributed by atoms with Gasteiger partial charge in [0.1, 0.15) is 6.04 Å². The molecule has 0 aliphatic carbocycles. The highest BCUT2D eigenvalue weighted by Gasteiger charge is 2.31. The van der Waals surface area contributed by atoms with Crippen molar-refractivity contribution in [3.05, 3.63) is 35.9 Å². The van der Waals surface area contributed by atoms with Crippen LogP contribution < -0.4 is 10.6 Å². The third kappa shape index (κ3) is 5.02. The van der Waals surface area contributed by atoms with Crippen molar-refractivity contribution in [2.75, 3.05) is 53.5 Å². The molecule has 2 rings (SSSR count). The molecule has 0 radical (unpaired) electrons. The van der Waals surface area contributed by atoms with E-state index in [1.807, 2.05) is 30.3 Å². The van der Waals surface area contributed by atoms with Crippen LogP contribution in [0.15, 0.2) is 30.3 Å². The molecule has 0 spiro atoms. The van der Waals surface area contributed by atoms with E-state index in [2.05, 4.69) is 20.4 Å². The number of nitrogens with one attached hydrogen (secondary N) is 2. The highest BCUT2D eigenvalue weighted by molar-refractivity contribution is 5.97. The van der Waals surface area contributed by atoms with E-state index in [-0.39, 0.29) is 5.91 Å². The number of imide groups is 1. The molecule has 1 aromatic carbocycles. The highest BCUT2D eigenvalue weighted by atomic mass is 16.5. The summed E-state index contributed by atoms with van der Waals surface area (Å²) in [6, 6.07) is 8.62. The van der Waals surface area contributed by atoms with Gasteiger partial charge in [-0.05, 0) is 5.56 Å². The maximum Gasteiger partial charge on any atom is 0.321 e. The smallest absolute Gasteiger partial charge is 0.321 e. The van der Waals surface area contributed by atoms with Crippen LogP contribution in [0.3, 0.4) is 0 Å². The number of methoxy groups -OCH3 is 1. The number of amides is 3. The van der Waals surface area contributed by atoms with E-state index in [0.717, 1.165) is 38.3 Å². The van der Waals surface area contributed by atoms with Crippen molar-refractivity contribution in [3.8, 4) is 0 Å². The van der Waals surface area contributed by atoms with E-state index < -0.39 is 12.1 Å². The van der Waals surface area contributed by atoms with Crippen LogP contribution in [0.1, 0.15) is 11.6 Å². The van der Waals surface area contributed by atoms with Crippen molar-refractivity contribution >= 4 is 11.9 Å². The Labute approximate surface area is 142 Å². The van der Waals surface area contributed by atoms with Gasteiger partial charge in [0.05, 0.1) is 6.61 Å². The minimum atomic E-state index is -0.486. The lowest BCUT2D eigenvalue weighted by Crippen LogP contribution is -2.52. The molecule has 132 valence electrons. The molecule has 1 fully saturated rings.